The van der Waals surface area contributed by atoms with Gasteiger partial charge in [0.2, 0.25) is 5.82 Å². The van der Waals surface area contributed by atoms with Gasteiger partial charge in [-0.15, -0.1) is 5.10 Å². The molecule has 3 unspecified atom stereocenters. The van der Waals surface area contributed by atoms with E-state index in [1.807, 2.05) is 0 Å². The van der Waals surface area contributed by atoms with Gasteiger partial charge in [-0.25, -0.2) is 14.2 Å². The standard InChI is InChI=1S/C12H13N5O8S2/c13-7(20)8-14-4-17(15-8)9-6(19)12(23,3-25-9)2-24-5(18)1-16-10(21)26-27-11(16)22/h4,6,9,19,23H,1-3H2,(H2,13,20). The Bertz CT molecular complexity index is 951. The fourth-order valence-electron chi connectivity index (χ4n) is 2.28. The second-order valence-electron chi connectivity index (χ2n) is 5.61. The number of rotatable bonds is 6. The van der Waals surface area contributed by atoms with Gasteiger partial charge in [-0.3, -0.25) is 19.2 Å². The van der Waals surface area contributed by atoms with E-state index in [-0.39, 0.29) is 5.82 Å². The number of aliphatic hydroxyl groups is 2. The van der Waals surface area contributed by atoms with Crippen LogP contribution in [-0.4, -0.2) is 66.3 Å². The van der Waals surface area contributed by atoms with Crippen LogP contribution < -0.4 is 15.5 Å². The van der Waals surface area contributed by atoms with Crippen LogP contribution in [0.5, 0.6) is 0 Å². The van der Waals surface area contributed by atoms with Crippen LogP contribution in [0, 0.1) is 0 Å². The second kappa shape index (κ2) is 7.28. The molecule has 0 aromatic carbocycles. The van der Waals surface area contributed by atoms with Crippen LogP contribution in [-0.2, 0) is 20.8 Å². The number of aliphatic hydroxyl groups excluding tert-OH is 1. The van der Waals surface area contributed by atoms with E-state index in [2.05, 4.69) is 10.1 Å². The monoisotopic (exact) mass is 419 g/mol. The molecule has 1 amide bonds. The summed E-state index contributed by atoms with van der Waals surface area (Å²) in [6.07, 6.45) is -1.68. The predicted molar refractivity (Wildman–Crippen MR) is 88.2 cm³/mol. The minimum atomic E-state index is -1.97. The Morgan fingerprint density at radius 1 is 1.41 bits per heavy atom. The number of nitrogens with two attached hydrogens (primary N) is 1. The van der Waals surface area contributed by atoms with E-state index in [4.69, 9.17) is 15.2 Å². The molecule has 1 saturated heterocycles. The quantitative estimate of drug-likeness (QED) is 0.319. The zero-order valence-corrected chi connectivity index (χ0v) is 15.0. The van der Waals surface area contributed by atoms with E-state index in [9.17, 15) is 29.4 Å². The number of hydrogen-bond donors (Lipinski definition) is 3. The molecule has 3 rings (SSSR count). The van der Waals surface area contributed by atoms with Crippen molar-refractivity contribution in [3.63, 3.8) is 0 Å². The van der Waals surface area contributed by atoms with Gasteiger partial charge in [0.15, 0.2) is 11.8 Å². The van der Waals surface area contributed by atoms with E-state index < -0.39 is 59.3 Å². The topological polar surface area (TPSA) is 189 Å². The lowest BCUT2D eigenvalue weighted by molar-refractivity contribution is -0.158. The summed E-state index contributed by atoms with van der Waals surface area (Å²) in [5.41, 5.74) is 3.07. The zero-order chi connectivity index (χ0) is 19.8. The molecule has 146 valence electrons. The largest absolute Gasteiger partial charge is 0.461 e. The molecule has 15 heteroatoms. The number of carbonyl (C=O) groups excluding carboxylic acids is 2. The third-order valence-corrected chi connectivity index (χ3v) is 5.62. The normalized spacial score (nSPS) is 24.8. The maximum atomic E-state index is 11.8. The van der Waals surface area contributed by atoms with Crippen LogP contribution in [0.3, 0.4) is 0 Å². The Morgan fingerprint density at radius 2 is 2.07 bits per heavy atom. The molecule has 0 radical (unpaired) electrons. The number of esters is 1. The Morgan fingerprint density at radius 3 is 2.67 bits per heavy atom. The fraction of sp³-hybridized carbons (Fsp3) is 0.500. The molecule has 3 atom stereocenters. The van der Waals surface area contributed by atoms with Crippen LogP contribution >= 0.6 is 20.7 Å². The van der Waals surface area contributed by atoms with E-state index in [1.54, 1.807) is 0 Å². The molecule has 27 heavy (non-hydrogen) atoms. The van der Waals surface area contributed by atoms with Gasteiger partial charge in [0.25, 0.3) is 5.91 Å². The lowest BCUT2D eigenvalue weighted by atomic mass is 10.0. The molecule has 1 aliphatic rings. The van der Waals surface area contributed by atoms with Crippen molar-refractivity contribution in [2.75, 3.05) is 13.2 Å². The van der Waals surface area contributed by atoms with Crippen molar-refractivity contribution in [2.24, 2.45) is 5.73 Å². The summed E-state index contributed by atoms with van der Waals surface area (Å²) in [5, 5.41) is 24.5. The third kappa shape index (κ3) is 3.81. The fourth-order valence-corrected chi connectivity index (χ4v) is 3.92. The number of nitrogens with zero attached hydrogens (tertiary/aromatic N) is 4. The Balaban J connectivity index is 1.63. The minimum Gasteiger partial charge on any atom is -0.461 e. The Kier molecular flexibility index (Phi) is 5.20. The van der Waals surface area contributed by atoms with Crippen molar-refractivity contribution < 1.29 is 29.3 Å². The Hall–Kier alpha value is -2.46. The first-order chi connectivity index (χ1) is 12.7. The first kappa shape index (κ1) is 19.3. The van der Waals surface area contributed by atoms with Gasteiger partial charge >= 0.3 is 15.7 Å². The Labute approximate surface area is 156 Å². The molecule has 0 saturated carbocycles. The third-order valence-electron chi connectivity index (χ3n) is 3.71. The van der Waals surface area contributed by atoms with Crippen molar-refractivity contribution >= 4 is 32.6 Å². The molecule has 3 heterocycles. The van der Waals surface area contributed by atoms with Crippen LogP contribution in [0.15, 0.2) is 15.9 Å². The van der Waals surface area contributed by atoms with Gasteiger partial charge in [0.05, 0.1) is 6.61 Å². The van der Waals surface area contributed by atoms with Crippen molar-refractivity contribution in [3.05, 3.63) is 31.5 Å². The highest BCUT2D eigenvalue weighted by Gasteiger charge is 2.50. The van der Waals surface area contributed by atoms with Crippen molar-refractivity contribution in [1.82, 2.24) is 19.3 Å². The molecule has 1 fully saturated rings. The predicted octanol–water partition coefficient (Wildman–Crippen LogP) is -3.11. The number of primary amides is 1. The number of amides is 1. The number of hydrogen-bond acceptors (Lipinski definition) is 12. The highest BCUT2D eigenvalue weighted by atomic mass is 32.9. The zero-order valence-electron chi connectivity index (χ0n) is 13.4. The molecule has 1 aliphatic heterocycles. The van der Waals surface area contributed by atoms with E-state index in [1.165, 1.54) is 0 Å². The number of aromatic nitrogens is 4. The maximum absolute atomic E-state index is 11.8. The first-order valence-corrected chi connectivity index (χ1v) is 9.45. The first-order valence-electron chi connectivity index (χ1n) is 7.30. The van der Waals surface area contributed by atoms with E-state index in [0.717, 1.165) is 11.0 Å². The molecular formula is C12H13N5O8S2. The maximum Gasteiger partial charge on any atom is 0.326 e. The van der Waals surface area contributed by atoms with Crippen LogP contribution in [0.1, 0.15) is 16.8 Å². The van der Waals surface area contributed by atoms with Crippen LogP contribution in [0.4, 0.5) is 0 Å². The summed E-state index contributed by atoms with van der Waals surface area (Å²) in [7, 11) is 1.38. The van der Waals surface area contributed by atoms with Crippen molar-refractivity contribution in [1.29, 1.82) is 0 Å². The number of ether oxygens (including phenoxy) is 2. The van der Waals surface area contributed by atoms with Gasteiger partial charge in [-0.05, 0) is 20.7 Å². The molecule has 0 bridgehead atoms. The van der Waals surface area contributed by atoms with Gasteiger partial charge in [-0.1, -0.05) is 0 Å². The van der Waals surface area contributed by atoms with Gasteiger partial charge in [0, 0.05) is 0 Å². The van der Waals surface area contributed by atoms with E-state index >= 15 is 0 Å². The lowest BCUT2D eigenvalue weighted by Crippen LogP contribution is -2.47. The molecule has 4 N–H and O–H groups in total. The lowest BCUT2D eigenvalue weighted by Gasteiger charge is -2.25. The molecule has 0 spiro atoms. The SMILES string of the molecule is NC(=O)c1ncn(C2OCC(O)(COC(=O)Cn3c(=O)ssc3=O)C2O)n1. The molecule has 2 aromatic heterocycles. The van der Waals surface area contributed by atoms with Crippen LogP contribution in [0.2, 0.25) is 0 Å². The smallest absolute Gasteiger partial charge is 0.326 e. The summed E-state index contributed by atoms with van der Waals surface area (Å²) in [4.78, 5) is 48.1. The average molecular weight is 419 g/mol. The average Bonchev–Trinajstić information content (AvgIpc) is 3.29. The van der Waals surface area contributed by atoms with Crippen molar-refractivity contribution in [3.8, 4) is 0 Å². The van der Waals surface area contributed by atoms with Gasteiger partial charge < -0.3 is 25.4 Å². The van der Waals surface area contributed by atoms with Gasteiger partial charge in [0.1, 0.15) is 25.6 Å². The summed E-state index contributed by atoms with van der Waals surface area (Å²) >= 11 is 0. The van der Waals surface area contributed by atoms with E-state index in [0.29, 0.717) is 25.2 Å². The molecular weight excluding hydrogens is 406 g/mol. The number of carbonyl (C=O) groups is 2. The molecule has 2 aromatic rings. The highest BCUT2D eigenvalue weighted by molar-refractivity contribution is 7.67. The summed E-state index contributed by atoms with van der Waals surface area (Å²) in [6.45, 7) is -1.68. The summed E-state index contributed by atoms with van der Waals surface area (Å²) in [5.74, 6) is -2.13. The molecule has 0 aliphatic carbocycles. The van der Waals surface area contributed by atoms with Gasteiger partial charge in [-0.2, -0.15) is 0 Å². The molecule has 13 nitrogen and oxygen atoms in total. The minimum absolute atomic E-state index is 0.302. The summed E-state index contributed by atoms with van der Waals surface area (Å²) < 4.78 is 11.8. The van der Waals surface area contributed by atoms with Crippen molar-refractivity contribution in [2.45, 2.75) is 24.5 Å². The highest BCUT2D eigenvalue weighted by Crippen LogP contribution is 2.31. The van der Waals surface area contributed by atoms with Crippen LogP contribution in [0.25, 0.3) is 0 Å². The summed E-state index contributed by atoms with van der Waals surface area (Å²) in [6, 6.07) is 0. The second-order valence-corrected chi connectivity index (χ2v) is 7.64.